The van der Waals surface area contributed by atoms with Crippen LogP contribution in [-0.4, -0.2) is 20.3 Å². The lowest BCUT2D eigenvalue weighted by atomic mass is 10.3. The van der Waals surface area contributed by atoms with E-state index in [9.17, 15) is 4.79 Å². The summed E-state index contributed by atoms with van der Waals surface area (Å²) in [6, 6.07) is 11.9. The van der Waals surface area contributed by atoms with Crippen molar-refractivity contribution in [2.75, 3.05) is 19.9 Å². The van der Waals surface area contributed by atoms with Crippen LogP contribution < -0.4 is 25.3 Å². The maximum Gasteiger partial charge on any atom is 0.412 e. The highest BCUT2D eigenvalue weighted by Gasteiger charge is 2.11. The summed E-state index contributed by atoms with van der Waals surface area (Å²) in [6.45, 7) is 0. The van der Waals surface area contributed by atoms with Crippen LogP contribution in [0.25, 0.3) is 0 Å². The fraction of sp³-hybridized carbons (Fsp3) is 0.133. The SMILES string of the molecule is CNC(=O)Oc1cc(Oc2ccc(N)cc2)ccc1OC. The number of amides is 1. The van der Waals surface area contributed by atoms with Crippen LogP contribution >= 0.6 is 0 Å². The second-order valence-electron chi connectivity index (χ2n) is 4.12. The van der Waals surface area contributed by atoms with Gasteiger partial charge in [-0.15, -0.1) is 0 Å². The first-order valence-corrected chi connectivity index (χ1v) is 6.23. The third kappa shape index (κ3) is 3.79. The highest BCUT2D eigenvalue weighted by atomic mass is 16.6. The van der Waals surface area contributed by atoms with Crippen molar-refractivity contribution in [2.24, 2.45) is 0 Å². The Morgan fingerprint density at radius 1 is 1.05 bits per heavy atom. The molecule has 0 saturated carbocycles. The molecule has 0 aliphatic carbocycles. The van der Waals surface area contributed by atoms with Crippen LogP contribution in [-0.2, 0) is 0 Å². The second-order valence-corrected chi connectivity index (χ2v) is 4.12. The molecule has 110 valence electrons. The predicted octanol–water partition coefficient (Wildman–Crippen LogP) is 2.79. The molecular formula is C15H16N2O4. The van der Waals surface area contributed by atoms with Crippen molar-refractivity contribution in [2.45, 2.75) is 0 Å². The van der Waals surface area contributed by atoms with Gasteiger partial charge in [-0.1, -0.05) is 0 Å². The Morgan fingerprint density at radius 2 is 1.71 bits per heavy atom. The first-order chi connectivity index (χ1) is 10.1. The number of anilines is 1. The maximum atomic E-state index is 11.3. The van der Waals surface area contributed by atoms with Gasteiger partial charge in [-0.05, 0) is 36.4 Å². The molecule has 0 saturated heterocycles. The molecule has 0 fully saturated rings. The molecule has 0 radical (unpaired) electrons. The highest BCUT2D eigenvalue weighted by Crippen LogP contribution is 2.33. The van der Waals surface area contributed by atoms with Gasteiger partial charge in [0.15, 0.2) is 11.5 Å². The average molecular weight is 288 g/mol. The molecule has 0 aliphatic heterocycles. The molecule has 0 aliphatic rings. The van der Waals surface area contributed by atoms with E-state index in [0.717, 1.165) is 0 Å². The molecule has 3 N–H and O–H groups in total. The Hall–Kier alpha value is -2.89. The molecule has 0 aromatic heterocycles. The summed E-state index contributed by atoms with van der Waals surface area (Å²) in [6.07, 6.45) is -0.585. The third-order valence-corrected chi connectivity index (χ3v) is 2.66. The van der Waals surface area contributed by atoms with Crippen LogP contribution in [0.2, 0.25) is 0 Å². The van der Waals surface area contributed by atoms with Crippen molar-refractivity contribution in [3.8, 4) is 23.0 Å². The minimum Gasteiger partial charge on any atom is -0.493 e. The van der Waals surface area contributed by atoms with E-state index >= 15 is 0 Å². The monoisotopic (exact) mass is 288 g/mol. The third-order valence-electron chi connectivity index (χ3n) is 2.66. The number of hydrogen-bond acceptors (Lipinski definition) is 5. The number of methoxy groups -OCH3 is 1. The van der Waals surface area contributed by atoms with Crippen LogP contribution in [0.3, 0.4) is 0 Å². The number of nitrogens with one attached hydrogen (secondary N) is 1. The van der Waals surface area contributed by atoms with Crippen molar-refractivity contribution >= 4 is 11.8 Å². The standard InChI is InChI=1S/C15H16N2O4/c1-17-15(18)21-14-9-12(7-8-13(14)19-2)20-11-5-3-10(16)4-6-11/h3-9H,16H2,1-2H3,(H,17,18). The zero-order valence-electron chi connectivity index (χ0n) is 11.8. The van der Waals surface area contributed by atoms with Gasteiger partial charge >= 0.3 is 6.09 Å². The van der Waals surface area contributed by atoms with Crippen LogP contribution in [0.1, 0.15) is 0 Å². The Balaban J connectivity index is 2.22. The first-order valence-electron chi connectivity index (χ1n) is 6.23. The summed E-state index contributed by atoms with van der Waals surface area (Å²) in [5.41, 5.74) is 6.27. The lowest BCUT2D eigenvalue weighted by Gasteiger charge is -2.11. The number of carbonyl (C=O) groups excluding carboxylic acids is 1. The van der Waals surface area contributed by atoms with Crippen molar-refractivity contribution in [3.63, 3.8) is 0 Å². The van der Waals surface area contributed by atoms with Gasteiger partial charge in [0.25, 0.3) is 0 Å². The second kappa shape index (κ2) is 6.51. The lowest BCUT2D eigenvalue weighted by Crippen LogP contribution is -2.22. The molecule has 0 spiro atoms. The summed E-state index contributed by atoms with van der Waals surface area (Å²) < 4.78 is 15.9. The molecule has 1 amide bonds. The van der Waals surface area contributed by atoms with E-state index in [-0.39, 0.29) is 5.75 Å². The Kier molecular flexibility index (Phi) is 4.50. The van der Waals surface area contributed by atoms with E-state index in [1.807, 2.05) is 0 Å². The fourth-order valence-corrected chi connectivity index (χ4v) is 1.62. The van der Waals surface area contributed by atoms with E-state index in [0.29, 0.717) is 22.9 Å². The Bertz CT molecular complexity index is 626. The normalized spacial score (nSPS) is 9.81. The topological polar surface area (TPSA) is 82.8 Å². The summed E-state index contributed by atoms with van der Waals surface area (Å²) in [5, 5.41) is 2.37. The summed E-state index contributed by atoms with van der Waals surface area (Å²) >= 11 is 0. The lowest BCUT2D eigenvalue weighted by molar-refractivity contribution is 0.200. The number of nitrogen functional groups attached to an aromatic ring is 1. The molecule has 2 aromatic rings. The van der Waals surface area contributed by atoms with E-state index in [1.54, 1.807) is 42.5 Å². The van der Waals surface area contributed by atoms with E-state index in [1.165, 1.54) is 14.2 Å². The smallest absolute Gasteiger partial charge is 0.412 e. The molecule has 2 aromatic carbocycles. The van der Waals surface area contributed by atoms with E-state index in [2.05, 4.69) is 5.32 Å². The van der Waals surface area contributed by atoms with Gasteiger partial charge in [0, 0.05) is 18.8 Å². The molecule has 0 bridgehead atoms. The Labute approximate surface area is 122 Å². The van der Waals surface area contributed by atoms with Crippen molar-refractivity contribution < 1.29 is 19.0 Å². The first kappa shape index (κ1) is 14.5. The molecule has 21 heavy (non-hydrogen) atoms. The summed E-state index contributed by atoms with van der Waals surface area (Å²) in [7, 11) is 2.97. The molecule has 0 heterocycles. The molecule has 6 heteroatoms. The van der Waals surface area contributed by atoms with Gasteiger partial charge in [0.1, 0.15) is 11.5 Å². The maximum absolute atomic E-state index is 11.3. The molecule has 0 atom stereocenters. The van der Waals surface area contributed by atoms with Gasteiger partial charge in [-0.3, -0.25) is 0 Å². The molecule has 2 rings (SSSR count). The van der Waals surface area contributed by atoms with Gasteiger partial charge in [-0.2, -0.15) is 0 Å². The van der Waals surface area contributed by atoms with E-state index in [4.69, 9.17) is 19.9 Å². The van der Waals surface area contributed by atoms with Gasteiger partial charge in [0.05, 0.1) is 7.11 Å². The number of benzene rings is 2. The Morgan fingerprint density at radius 3 is 2.33 bits per heavy atom. The zero-order valence-corrected chi connectivity index (χ0v) is 11.8. The average Bonchev–Trinajstić information content (AvgIpc) is 2.50. The molecule has 0 unspecified atom stereocenters. The number of ether oxygens (including phenoxy) is 3. The molecule has 6 nitrogen and oxygen atoms in total. The van der Waals surface area contributed by atoms with Crippen molar-refractivity contribution in [1.29, 1.82) is 0 Å². The number of carbonyl (C=O) groups is 1. The van der Waals surface area contributed by atoms with Gasteiger partial charge in [0.2, 0.25) is 0 Å². The van der Waals surface area contributed by atoms with Crippen molar-refractivity contribution in [3.05, 3.63) is 42.5 Å². The quantitative estimate of drug-likeness (QED) is 0.845. The zero-order chi connectivity index (χ0) is 15.2. The fourth-order valence-electron chi connectivity index (χ4n) is 1.62. The van der Waals surface area contributed by atoms with Crippen LogP contribution in [0.15, 0.2) is 42.5 Å². The van der Waals surface area contributed by atoms with Crippen molar-refractivity contribution in [1.82, 2.24) is 5.32 Å². The minimum atomic E-state index is -0.585. The highest BCUT2D eigenvalue weighted by molar-refractivity contribution is 5.71. The van der Waals surface area contributed by atoms with Gasteiger partial charge < -0.3 is 25.3 Å². The summed E-state index contributed by atoms with van der Waals surface area (Å²) in [4.78, 5) is 11.3. The van der Waals surface area contributed by atoms with Gasteiger partial charge in [-0.25, -0.2) is 4.79 Å². The van der Waals surface area contributed by atoms with Crippen LogP contribution in [0.4, 0.5) is 10.5 Å². The summed E-state index contributed by atoms with van der Waals surface area (Å²) in [5.74, 6) is 1.84. The number of rotatable bonds is 4. The minimum absolute atomic E-state index is 0.268. The van der Waals surface area contributed by atoms with Crippen LogP contribution in [0, 0.1) is 0 Å². The molecular weight excluding hydrogens is 272 g/mol. The number of hydrogen-bond donors (Lipinski definition) is 2. The largest absolute Gasteiger partial charge is 0.493 e. The number of nitrogens with two attached hydrogens (primary N) is 1. The van der Waals surface area contributed by atoms with E-state index < -0.39 is 6.09 Å². The van der Waals surface area contributed by atoms with Crippen LogP contribution in [0.5, 0.6) is 23.0 Å². The predicted molar refractivity (Wildman–Crippen MR) is 79.0 cm³/mol.